The molecule has 53 heavy (non-hydrogen) atoms. The van der Waals surface area contributed by atoms with E-state index >= 15 is 0 Å². The molecule has 0 saturated heterocycles. The maximum Gasteiger partial charge on any atom is 0.137 e. The van der Waals surface area contributed by atoms with Gasteiger partial charge in [-0.05, 0) is 107 Å². The molecule has 5 heteroatoms. The van der Waals surface area contributed by atoms with Gasteiger partial charge in [0.2, 0.25) is 0 Å². The van der Waals surface area contributed by atoms with Crippen molar-refractivity contribution in [2.24, 2.45) is 0 Å². The molecule has 0 aliphatic heterocycles. The van der Waals surface area contributed by atoms with Crippen molar-refractivity contribution < 1.29 is 4.74 Å². The number of aryl methyl sites for hydroxylation is 3. The Balaban J connectivity index is 1.38. The van der Waals surface area contributed by atoms with Crippen LogP contribution in [0.15, 0.2) is 97.2 Å². The van der Waals surface area contributed by atoms with Crippen molar-refractivity contribution in [3.8, 4) is 34.1 Å². The highest BCUT2D eigenvalue weighted by atomic mass is 16.5. The highest BCUT2D eigenvalue weighted by Gasteiger charge is 2.25. The molecule has 3 heterocycles. The fourth-order valence-electron chi connectivity index (χ4n) is 7.74. The summed E-state index contributed by atoms with van der Waals surface area (Å²) in [4.78, 5) is 4.88. The molecule has 3 aromatic heterocycles. The van der Waals surface area contributed by atoms with E-state index in [1.165, 1.54) is 49.8 Å². The quantitative estimate of drug-likeness (QED) is 0.150. The summed E-state index contributed by atoms with van der Waals surface area (Å²) in [6.45, 7) is 22.5. The smallest absolute Gasteiger partial charge is 0.137 e. The van der Waals surface area contributed by atoms with Crippen molar-refractivity contribution in [1.29, 1.82) is 0 Å². The Morgan fingerprint density at radius 1 is 0.585 bits per heavy atom. The van der Waals surface area contributed by atoms with Crippen LogP contribution in [0.2, 0.25) is 0 Å². The van der Waals surface area contributed by atoms with Crippen molar-refractivity contribution in [1.82, 2.24) is 19.3 Å². The molecule has 272 valence electrons. The number of nitrogens with zero attached hydrogens (tertiary/aromatic N) is 4. The standard InChI is InChI=1S/C48H54N4O/c1-11-31-18-17-19-32(12-2)45(31)46-40(13-3)50-52(41(46)14-4)35-26-34(48(8,9)10)27-37(29-35)53-36-22-23-39-38-20-15-16-21-42(38)51(43(39)30-36)44-28-33(24-25-49-44)47(5,6)7/h15-30H,11-14H2,1-10H3. The van der Waals surface area contributed by atoms with Crippen LogP contribution < -0.4 is 4.74 Å². The number of aromatic nitrogens is 4. The number of fused-ring (bicyclic) bond motifs is 3. The zero-order valence-electron chi connectivity index (χ0n) is 33.3. The fraction of sp³-hybridized carbons (Fsp3) is 0.333. The van der Waals surface area contributed by atoms with Crippen molar-refractivity contribution in [2.75, 3.05) is 0 Å². The molecule has 0 amide bonds. The maximum atomic E-state index is 6.87. The number of pyridine rings is 1. The number of ether oxygens (including phenoxy) is 1. The highest BCUT2D eigenvalue weighted by Crippen LogP contribution is 2.40. The zero-order chi connectivity index (χ0) is 37.7. The van der Waals surface area contributed by atoms with Gasteiger partial charge in [-0.3, -0.25) is 4.57 Å². The van der Waals surface area contributed by atoms with Crippen LogP contribution in [-0.4, -0.2) is 19.3 Å². The molecule has 0 atom stereocenters. The Labute approximate surface area is 315 Å². The van der Waals surface area contributed by atoms with Gasteiger partial charge in [-0.2, -0.15) is 5.10 Å². The molecular weight excluding hydrogens is 649 g/mol. The lowest BCUT2D eigenvalue weighted by atomic mass is 9.86. The molecule has 0 aliphatic carbocycles. The number of hydrogen-bond donors (Lipinski definition) is 0. The molecular formula is C48H54N4O. The van der Waals surface area contributed by atoms with Gasteiger partial charge in [-0.1, -0.05) is 106 Å². The second-order valence-corrected chi connectivity index (χ2v) is 16.3. The van der Waals surface area contributed by atoms with Crippen LogP contribution in [0, 0.1) is 0 Å². The van der Waals surface area contributed by atoms with Crippen molar-refractivity contribution in [2.45, 2.75) is 106 Å². The van der Waals surface area contributed by atoms with Crippen LogP contribution >= 0.6 is 0 Å². The number of hydrogen-bond acceptors (Lipinski definition) is 3. The molecule has 4 aromatic carbocycles. The van der Waals surface area contributed by atoms with Crippen LogP contribution in [0.25, 0.3) is 44.4 Å². The van der Waals surface area contributed by atoms with E-state index in [0.29, 0.717) is 0 Å². The van der Waals surface area contributed by atoms with Gasteiger partial charge in [-0.25, -0.2) is 9.67 Å². The Kier molecular flexibility index (Phi) is 9.57. The van der Waals surface area contributed by atoms with Gasteiger partial charge in [0.15, 0.2) is 0 Å². The molecule has 0 radical (unpaired) electrons. The average Bonchev–Trinajstić information content (AvgIpc) is 3.68. The summed E-state index contributed by atoms with van der Waals surface area (Å²) < 4.78 is 11.3. The fourth-order valence-corrected chi connectivity index (χ4v) is 7.74. The Hall–Kier alpha value is -5.16. The minimum absolute atomic E-state index is 0.00303. The lowest BCUT2D eigenvalue weighted by molar-refractivity contribution is 0.478. The average molecular weight is 703 g/mol. The van der Waals surface area contributed by atoms with Crippen LogP contribution in [-0.2, 0) is 36.5 Å². The molecule has 5 nitrogen and oxygen atoms in total. The molecule has 7 aromatic rings. The molecule has 0 spiro atoms. The van der Waals surface area contributed by atoms with Gasteiger partial charge in [0.25, 0.3) is 0 Å². The number of benzene rings is 4. The third-order valence-electron chi connectivity index (χ3n) is 10.7. The molecule has 0 fully saturated rings. The number of para-hydroxylation sites is 1. The number of rotatable bonds is 9. The minimum Gasteiger partial charge on any atom is -0.457 e. The van der Waals surface area contributed by atoms with E-state index in [9.17, 15) is 0 Å². The second-order valence-electron chi connectivity index (χ2n) is 16.3. The molecule has 0 aliphatic rings. The molecule has 7 rings (SSSR count). The first-order chi connectivity index (χ1) is 25.4. The predicted octanol–water partition coefficient (Wildman–Crippen LogP) is 12.7. The highest BCUT2D eigenvalue weighted by molar-refractivity contribution is 6.09. The van der Waals surface area contributed by atoms with E-state index in [1.807, 2.05) is 6.20 Å². The summed E-state index contributed by atoms with van der Waals surface area (Å²) in [5.74, 6) is 2.48. The summed E-state index contributed by atoms with van der Waals surface area (Å²) in [6.07, 6.45) is 5.63. The molecule has 0 saturated carbocycles. The van der Waals surface area contributed by atoms with E-state index in [-0.39, 0.29) is 10.8 Å². The summed E-state index contributed by atoms with van der Waals surface area (Å²) in [5.41, 5.74) is 13.4. The first kappa shape index (κ1) is 36.2. The summed E-state index contributed by atoms with van der Waals surface area (Å²) in [6, 6.07) is 32.8. The van der Waals surface area contributed by atoms with Gasteiger partial charge >= 0.3 is 0 Å². The normalized spacial score (nSPS) is 12.3. The Morgan fingerprint density at radius 3 is 1.94 bits per heavy atom. The lowest BCUT2D eigenvalue weighted by Crippen LogP contribution is -2.13. The largest absolute Gasteiger partial charge is 0.457 e. The van der Waals surface area contributed by atoms with Gasteiger partial charge in [0.05, 0.1) is 28.1 Å². The van der Waals surface area contributed by atoms with Gasteiger partial charge in [0, 0.05) is 34.7 Å². The summed E-state index contributed by atoms with van der Waals surface area (Å²) in [7, 11) is 0. The monoisotopic (exact) mass is 702 g/mol. The van der Waals surface area contributed by atoms with Gasteiger partial charge < -0.3 is 4.74 Å². The molecule has 0 bridgehead atoms. The minimum atomic E-state index is -0.103. The topological polar surface area (TPSA) is 44.9 Å². The third-order valence-corrected chi connectivity index (χ3v) is 10.7. The maximum absolute atomic E-state index is 6.87. The van der Waals surface area contributed by atoms with E-state index in [2.05, 4.69) is 169 Å². The van der Waals surface area contributed by atoms with Crippen LogP contribution in [0.4, 0.5) is 0 Å². The second kappa shape index (κ2) is 14.0. The predicted molar refractivity (Wildman–Crippen MR) is 223 cm³/mol. The molecule has 0 unspecified atom stereocenters. The molecule has 0 N–H and O–H groups in total. The van der Waals surface area contributed by atoms with Crippen LogP contribution in [0.1, 0.15) is 103 Å². The summed E-state index contributed by atoms with van der Waals surface area (Å²) in [5, 5.41) is 7.72. The lowest BCUT2D eigenvalue weighted by Gasteiger charge is -2.22. The van der Waals surface area contributed by atoms with E-state index < -0.39 is 0 Å². The van der Waals surface area contributed by atoms with Gasteiger partial charge in [-0.15, -0.1) is 0 Å². The Bertz CT molecular complexity index is 2430. The zero-order valence-corrected chi connectivity index (χ0v) is 33.3. The first-order valence-corrected chi connectivity index (χ1v) is 19.4. The first-order valence-electron chi connectivity index (χ1n) is 19.4. The van der Waals surface area contributed by atoms with Crippen molar-refractivity contribution in [3.05, 3.63) is 131 Å². The van der Waals surface area contributed by atoms with E-state index in [0.717, 1.165) is 65.4 Å². The third kappa shape index (κ3) is 6.67. The van der Waals surface area contributed by atoms with Crippen LogP contribution in [0.5, 0.6) is 11.5 Å². The SMILES string of the molecule is CCc1cccc(CC)c1-c1c(CC)nn(-c2cc(Oc3ccc4c5ccccc5n(-c5cc(C(C)(C)C)ccn5)c4c3)cc(C(C)(C)C)c2)c1CC. The Morgan fingerprint density at radius 2 is 1.28 bits per heavy atom. The van der Waals surface area contributed by atoms with Crippen LogP contribution in [0.3, 0.4) is 0 Å². The van der Waals surface area contributed by atoms with Crippen molar-refractivity contribution in [3.63, 3.8) is 0 Å². The van der Waals surface area contributed by atoms with E-state index in [4.69, 9.17) is 14.8 Å². The summed E-state index contributed by atoms with van der Waals surface area (Å²) >= 11 is 0. The van der Waals surface area contributed by atoms with E-state index in [1.54, 1.807) is 0 Å². The van der Waals surface area contributed by atoms with Crippen molar-refractivity contribution >= 4 is 21.8 Å². The van der Waals surface area contributed by atoms with Gasteiger partial charge in [0.1, 0.15) is 17.3 Å².